The highest BCUT2D eigenvalue weighted by Crippen LogP contribution is 2.41. The fourth-order valence-electron chi connectivity index (χ4n) is 3.88. The molecule has 0 amide bonds. The number of rotatable bonds is 4. The first-order valence-corrected chi connectivity index (χ1v) is 9.97. The molecule has 0 spiro atoms. The second-order valence-corrected chi connectivity index (χ2v) is 9.00. The van der Waals surface area contributed by atoms with Crippen LogP contribution in [0.5, 0.6) is 5.75 Å². The van der Waals surface area contributed by atoms with Crippen molar-refractivity contribution in [2.24, 2.45) is 5.41 Å². The molecule has 2 fully saturated rings. The summed E-state index contributed by atoms with van der Waals surface area (Å²) in [6.07, 6.45) is -2.50. The average Bonchev–Trinajstić information content (AvgIpc) is 2.66. The van der Waals surface area contributed by atoms with Crippen molar-refractivity contribution in [3.05, 3.63) is 28.8 Å². The van der Waals surface area contributed by atoms with E-state index in [1.54, 1.807) is 0 Å². The van der Waals surface area contributed by atoms with Crippen LogP contribution < -0.4 is 4.74 Å². The van der Waals surface area contributed by atoms with E-state index in [0.29, 0.717) is 10.8 Å². The predicted octanol–water partition coefficient (Wildman–Crippen LogP) is 1.31. The number of hydrogen-bond acceptors (Lipinski definition) is 7. The third kappa shape index (κ3) is 4.16. The third-order valence-corrected chi connectivity index (χ3v) is 6.20. The molecule has 8 heteroatoms. The van der Waals surface area contributed by atoms with Crippen molar-refractivity contribution in [1.29, 1.82) is 0 Å². The van der Waals surface area contributed by atoms with Gasteiger partial charge in [0.1, 0.15) is 30.2 Å². The predicted molar refractivity (Wildman–Crippen MR) is 102 cm³/mol. The molecule has 1 aromatic carbocycles. The molecule has 1 aliphatic heterocycles. The average molecular weight is 417 g/mol. The SMILES string of the molecule is CC1(C)CCC(Oc2cc([C@@]3(O)O[C@H](CO)[C@@H](O)[C@H](O)[C@H]3O)ccc2Cl)CC1. The van der Waals surface area contributed by atoms with Gasteiger partial charge in [-0.05, 0) is 43.2 Å². The molecule has 0 aromatic heterocycles. The summed E-state index contributed by atoms with van der Waals surface area (Å²) in [5, 5.41) is 50.9. The molecule has 158 valence electrons. The van der Waals surface area contributed by atoms with Crippen LogP contribution >= 0.6 is 11.6 Å². The quantitative estimate of drug-likeness (QED) is 0.502. The highest BCUT2D eigenvalue weighted by molar-refractivity contribution is 6.32. The summed E-state index contributed by atoms with van der Waals surface area (Å²) in [6.45, 7) is 3.82. The molecule has 1 saturated heterocycles. The minimum Gasteiger partial charge on any atom is -0.489 e. The van der Waals surface area contributed by atoms with Gasteiger partial charge in [0.15, 0.2) is 0 Å². The lowest BCUT2D eigenvalue weighted by Crippen LogP contribution is -2.63. The second kappa shape index (κ2) is 8.07. The van der Waals surface area contributed by atoms with Crippen molar-refractivity contribution >= 4 is 11.6 Å². The monoisotopic (exact) mass is 416 g/mol. The molecule has 0 unspecified atom stereocenters. The number of benzene rings is 1. The number of halogens is 1. The molecule has 28 heavy (non-hydrogen) atoms. The lowest BCUT2D eigenvalue weighted by Gasteiger charge is -2.45. The van der Waals surface area contributed by atoms with Crippen molar-refractivity contribution < 1.29 is 35.0 Å². The van der Waals surface area contributed by atoms with Gasteiger partial charge in [0, 0.05) is 5.56 Å². The molecular weight excluding hydrogens is 388 g/mol. The van der Waals surface area contributed by atoms with Crippen molar-refractivity contribution in [2.75, 3.05) is 6.61 Å². The van der Waals surface area contributed by atoms with Crippen molar-refractivity contribution in [3.8, 4) is 5.75 Å². The molecule has 1 aliphatic carbocycles. The third-order valence-electron chi connectivity index (χ3n) is 5.89. The topological polar surface area (TPSA) is 120 Å². The van der Waals surface area contributed by atoms with Crippen LogP contribution in [0.15, 0.2) is 18.2 Å². The van der Waals surface area contributed by atoms with Gasteiger partial charge in [0.2, 0.25) is 5.79 Å². The van der Waals surface area contributed by atoms with E-state index < -0.39 is 36.8 Å². The van der Waals surface area contributed by atoms with Gasteiger partial charge in [0.25, 0.3) is 0 Å². The number of aliphatic hydroxyl groups excluding tert-OH is 4. The zero-order valence-corrected chi connectivity index (χ0v) is 16.8. The van der Waals surface area contributed by atoms with Crippen LogP contribution in [0.3, 0.4) is 0 Å². The fourth-order valence-corrected chi connectivity index (χ4v) is 4.04. The highest BCUT2D eigenvalue weighted by Gasteiger charge is 2.53. The summed E-state index contributed by atoms with van der Waals surface area (Å²) >= 11 is 6.26. The van der Waals surface area contributed by atoms with Crippen LogP contribution in [0.25, 0.3) is 0 Å². The van der Waals surface area contributed by atoms with Gasteiger partial charge in [0.05, 0.1) is 17.7 Å². The van der Waals surface area contributed by atoms with Gasteiger partial charge in [-0.2, -0.15) is 0 Å². The summed E-state index contributed by atoms with van der Waals surface area (Å²) in [5.74, 6) is -1.99. The summed E-state index contributed by atoms with van der Waals surface area (Å²) in [6, 6.07) is 4.42. The standard InChI is InChI=1S/C20H29ClO7/c1-19(2)7-5-12(6-8-19)27-14-9-11(3-4-13(14)21)20(26)18(25)17(24)16(23)15(10-22)28-20/h3-4,9,12,15-18,22-26H,5-8,10H2,1-2H3/t15-,16-,17+,18-,20-/m1/s1. The lowest BCUT2D eigenvalue weighted by molar-refractivity contribution is -0.357. The maximum Gasteiger partial charge on any atom is 0.222 e. The van der Waals surface area contributed by atoms with Crippen LogP contribution in [-0.4, -0.2) is 62.7 Å². The summed E-state index contributed by atoms with van der Waals surface area (Å²) in [7, 11) is 0. The van der Waals surface area contributed by atoms with E-state index in [4.69, 9.17) is 21.1 Å². The Hall–Kier alpha value is -0.930. The van der Waals surface area contributed by atoms with Crippen molar-refractivity contribution in [2.45, 2.75) is 75.8 Å². The Morgan fingerprint density at radius 3 is 2.39 bits per heavy atom. The Morgan fingerprint density at radius 1 is 1.14 bits per heavy atom. The lowest BCUT2D eigenvalue weighted by atomic mass is 9.76. The van der Waals surface area contributed by atoms with E-state index in [2.05, 4.69) is 13.8 Å². The molecule has 5 N–H and O–H groups in total. The Kier molecular flexibility index (Phi) is 6.27. The smallest absolute Gasteiger partial charge is 0.222 e. The molecule has 3 rings (SSSR count). The first-order valence-electron chi connectivity index (χ1n) is 9.59. The molecule has 1 heterocycles. The van der Waals surface area contributed by atoms with Gasteiger partial charge in [-0.15, -0.1) is 0 Å². The molecule has 5 atom stereocenters. The zero-order chi connectivity index (χ0) is 20.7. The van der Waals surface area contributed by atoms with Crippen LogP contribution in [0.4, 0.5) is 0 Å². The van der Waals surface area contributed by atoms with Gasteiger partial charge in [-0.3, -0.25) is 0 Å². The van der Waals surface area contributed by atoms with Crippen LogP contribution in [0, 0.1) is 5.41 Å². The zero-order valence-electron chi connectivity index (χ0n) is 16.1. The molecule has 2 aliphatic rings. The van der Waals surface area contributed by atoms with E-state index in [-0.39, 0.29) is 17.1 Å². The molecule has 1 saturated carbocycles. The van der Waals surface area contributed by atoms with Gasteiger partial charge >= 0.3 is 0 Å². The van der Waals surface area contributed by atoms with E-state index in [9.17, 15) is 25.5 Å². The van der Waals surface area contributed by atoms with E-state index in [1.807, 2.05) is 0 Å². The normalized spacial score (nSPS) is 36.3. The Balaban J connectivity index is 1.84. The first-order chi connectivity index (χ1) is 13.1. The highest BCUT2D eigenvalue weighted by atomic mass is 35.5. The van der Waals surface area contributed by atoms with Crippen LogP contribution in [0.2, 0.25) is 5.02 Å². The van der Waals surface area contributed by atoms with Crippen LogP contribution in [-0.2, 0) is 10.5 Å². The van der Waals surface area contributed by atoms with Gasteiger partial charge in [-0.25, -0.2) is 0 Å². The Labute approximate surface area is 169 Å². The number of ether oxygens (including phenoxy) is 2. The largest absolute Gasteiger partial charge is 0.489 e. The van der Waals surface area contributed by atoms with Crippen molar-refractivity contribution in [1.82, 2.24) is 0 Å². The Morgan fingerprint density at radius 2 is 1.79 bits per heavy atom. The number of hydrogen-bond donors (Lipinski definition) is 5. The van der Waals surface area contributed by atoms with Crippen LogP contribution in [0.1, 0.15) is 45.1 Å². The molecule has 7 nitrogen and oxygen atoms in total. The molecule has 0 bridgehead atoms. The molecule has 0 radical (unpaired) electrons. The summed E-state index contributed by atoms with van der Waals surface area (Å²) in [4.78, 5) is 0. The van der Waals surface area contributed by atoms with Gasteiger partial charge < -0.3 is 35.0 Å². The summed E-state index contributed by atoms with van der Waals surface area (Å²) in [5.41, 5.74) is 0.400. The maximum absolute atomic E-state index is 10.9. The minimum atomic E-state index is -2.33. The Bertz CT molecular complexity index is 685. The van der Waals surface area contributed by atoms with E-state index in [0.717, 1.165) is 25.7 Å². The fraction of sp³-hybridized carbons (Fsp3) is 0.700. The minimum absolute atomic E-state index is 0.00906. The molecule has 1 aromatic rings. The second-order valence-electron chi connectivity index (χ2n) is 8.59. The van der Waals surface area contributed by atoms with E-state index in [1.165, 1.54) is 18.2 Å². The van der Waals surface area contributed by atoms with Gasteiger partial charge in [-0.1, -0.05) is 31.5 Å². The number of aliphatic hydroxyl groups is 5. The van der Waals surface area contributed by atoms with Crippen molar-refractivity contribution in [3.63, 3.8) is 0 Å². The first kappa shape index (κ1) is 21.8. The summed E-state index contributed by atoms with van der Waals surface area (Å²) < 4.78 is 11.4. The molecular formula is C20H29ClO7. The van der Waals surface area contributed by atoms with E-state index >= 15 is 0 Å². The maximum atomic E-state index is 10.9.